The molecule has 0 aromatic heterocycles. The first-order chi connectivity index (χ1) is 12.4. The minimum atomic E-state index is -0.361. The number of carbonyl (C=O) groups excluding carboxylic acids is 3. The Kier molecular flexibility index (Phi) is 4.81. The maximum Gasteiger partial charge on any atom is 0.261 e. The molecule has 1 aliphatic rings. The van der Waals surface area contributed by atoms with Gasteiger partial charge in [0.25, 0.3) is 17.7 Å². The molecular weight excluding hydrogens is 350 g/mol. The van der Waals surface area contributed by atoms with E-state index in [9.17, 15) is 14.4 Å². The highest BCUT2D eigenvalue weighted by Crippen LogP contribution is 2.24. The van der Waals surface area contributed by atoms with Crippen molar-refractivity contribution < 1.29 is 14.4 Å². The summed E-state index contributed by atoms with van der Waals surface area (Å²) in [6, 6.07) is 12.0. The van der Waals surface area contributed by atoms with Gasteiger partial charge in [0.05, 0.1) is 11.1 Å². The summed E-state index contributed by atoms with van der Waals surface area (Å²) in [5.74, 6) is -1.01. The lowest BCUT2D eigenvalue weighted by Crippen LogP contribution is -2.34. The van der Waals surface area contributed by atoms with E-state index in [1.54, 1.807) is 30.3 Å². The molecule has 0 fully saturated rings. The fourth-order valence-corrected chi connectivity index (χ4v) is 2.88. The summed E-state index contributed by atoms with van der Waals surface area (Å²) in [6.45, 7) is 2.04. The first-order valence-corrected chi connectivity index (χ1v) is 8.49. The van der Waals surface area contributed by atoms with E-state index >= 15 is 0 Å². The number of rotatable bonds is 3. The van der Waals surface area contributed by atoms with Crippen LogP contribution < -0.4 is 10.6 Å². The molecule has 0 aliphatic carbocycles. The number of thiocarbonyl (C=S) groups is 1. The SMILES string of the molecule is CCc1ccc(C(=O)NC(=S)Nc2ccc3c(c2)C(=O)N(C)C3=O)cc1. The van der Waals surface area contributed by atoms with Gasteiger partial charge in [0.1, 0.15) is 0 Å². The van der Waals surface area contributed by atoms with Crippen LogP contribution in [0, 0.1) is 0 Å². The van der Waals surface area contributed by atoms with Gasteiger partial charge in [-0.15, -0.1) is 0 Å². The second kappa shape index (κ2) is 7.05. The zero-order chi connectivity index (χ0) is 18.8. The highest BCUT2D eigenvalue weighted by molar-refractivity contribution is 7.80. The number of fused-ring (bicyclic) bond motifs is 1. The number of carbonyl (C=O) groups is 3. The Morgan fingerprint density at radius 1 is 1.04 bits per heavy atom. The van der Waals surface area contributed by atoms with Crippen molar-refractivity contribution in [3.8, 4) is 0 Å². The van der Waals surface area contributed by atoms with Crippen molar-refractivity contribution in [2.45, 2.75) is 13.3 Å². The molecule has 6 nitrogen and oxygen atoms in total. The largest absolute Gasteiger partial charge is 0.332 e. The number of imide groups is 1. The van der Waals surface area contributed by atoms with E-state index in [2.05, 4.69) is 10.6 Å². The molecule has 26 heavy (non-hydrogen) atoms. The number of benzene rings is 2. The quantitative estimate of drug-likeness (QED) is 0.644. The molecule has 1 aliphatic heterocycles. The van der Waals surface area contributed by atoms with E-state index in [0.717, 1.165) is 16.9 Å². The molecule has 3 rings (SSSR count). The monoisotopic (exact) mass is 367 g/mol. The number of hydrogen-bond donors (Lipinski definition) is 2. The highest BCUT2D eigenvalue weighted by Gasteiger charge is 2.32. The predicted octanol–water partition coefficient (Wildman–Crippen LogP) is 2.60. The minimum absolute atomic E-state index is 0.111. The lowest BCUT2D eigenvalue weighted by Gasteiger charge is -2.10. The fourth-order valence-electron chi connectivity index (χ4n) is 2.67. The Morgan fingerprint density at radius 2 is 1.69 bits per heavy atom. The third-order valence-corrected chi connectivity index (χ3v) is 4.40. The van der Waals surface area contributed by atoms with Crippen LogP contribution in [0.15, 0.2) is 42.5 Å². The molecule has 0 saturated carbocycles. The number of anilines is 1. The summed E-state index contributed by atoms with van der Waals surface area (Å²) in [7, 11) is 1.44. The van der Waals surface area contributed by atoms with E-state index in [4.69, 9.17) is 12.2 Å². The molecule has 7 heteroatoms. The minimum Gasteiger partial charge on any atom is -0.332 e. The Morgan fingerprint density at radius 3 is 2.35 bits per heavy atom. The first-order valence-electron chi connectivity index (χ1n) is 8.08. The van der Waals surface area contributed by atoms with Crippen molar-refractivity contribution in [2.75, 3.05) is 12.4 Å². The summed E-state index contributed by atoms with van der Waals surface area (Å²) < 4.78 is 0. The summed E-state index contributed by atoms with van der Waals surface area (Å²) in [4.78, 5) is 37.2. The van der Waals surface area contributed by atoms with Gasteiger partial charge < -0.3 is 5.32 Å². The maximum absolute atomic E-state index is 12.2. The van der Waals surface area contributed by atoms with Gasteiger partial charge in [-0.3, -0.25) is 24.6 Å². The summed E-state index contributed by atoms with van der Waals surface area (Å²) in [5.41, 5.74) is 2.83. The van der Waals surface area contributed by atoms with E-state index in [-0.39, 0.29) is 22.8 Å². The molecule has 2 aromatic rings. The Bertz CT molecular complexity index is 922. The molecule has 132 valence electrons. The zero-order valence-electron chi connectivity index (χ0n) is 14.3. The Balaban J connectivity index is 1.68. The van der Waals surface area contributed by atoms with Crippen LogP contribution in [0.4, 0.5) is 5.69 Å². The topological polar surface area (TPSA) is 78.5 Å². The van der Waals surface area contributed by atoms with Crippen molar-refractivity contribution in [3.05, 3.63) is 64.7 Å². The number of aryl methyl sites for hydroxylation is 1. The fraction of sp³-hybridized carbons (Fsp3) is 0.158. The van der Waals surface area contributed by atoms with Crippen molar-refractivity contribution >= 4 is 40.7 Å². The number of nitrogens with one attached hydrogen (secondary N) is 2. The second-order valence-electron chi connectivity index (χ2n) is 5.89. The van der Waals surface area contributed by atoms with Crippen LogP contribution >= 0.6 is 12.2 Å². The van der Waals surface area contributed by atoms with Crippen LogP contribution in [0.25, 0.3) is 0 Å². The number of hydrogen-bond acceptors (Lipinski definition) is 4. The molecular formula is C19H17N3O3S. The van der Waals surface area contributed by atoms with Gasteiger partial charge in [0.15, 0.2) is 5.11 Å². The molecule has 0 bridgehead atoms. The van der Waals surface area contributed by atoms with Crippen LogP contribution in [0.2, 0.25) is 0 Å². The van der Waals surface area contributed by atoms with Crippen molar-refractivity contribution in [3.63, 3.8) is 0 Å². The average Bonchev–Trinajstić information content (AvgIpc) is 2.85. The summed E-state index contributed by atoms with van der Waals surface area (Å²) >= 11 is 5.16. The average molecular weight is 367 g/mol. The number of nitrogens with zero attached hydrogens (tertiary/aromatic N) is 1. The summed E-state index contributed by atoms with van der Waals surface area (Å²) in [5, 5.41) is 5.57. The lowest BCUT2D eigenvalue weighted by molar-refractivity contribution is 0.0692. The first kappa shape index (κ1) is 17.8. The molecule has 3 amide bonds. The van der Waals surface area contributed by atoms with Gasteiger partial charge in [0, 0.05) is 18.3 Å². The van der Waals surface area contributed by atoms with Crippen LogP contribution in [0.5, 0.6) is 0 Å². The van der Waals surface area contributed by atoms with E-state index < -0.39 is 0 Å². The standard InChI is InChI=1S/C19H17N3O3S/c1-3-11-4-6-12(7-5-11)16(23)21-19(26)20-13-8-9-14-15(10-13)18(25)22(2)17(14)24/h4-10H,3H2,1-2H3,(H2,20,21,23,26). The second-order valence-corrected chi connectivity index (χ2v) is 6.30. The zero-order valence-corrected chi connectivity index (χ0v) is 15.1. The summed E-state index contributed by atoms with van der Waals surface area (Å²) in [6.07, 6.45) is 0.899. The van der Waals surface area contributed by atoms with Crippen molar-refractivity contribution in [2.24, 2.45) is 0 Å². The molecule has 0 radical (unpaired) electrons. The Hall–Kier alpha value is -3.06. The molecule has 0 atom stereocenters. The van der Waals surface area contributed by atoms with Gasteiger partial charge >= 0.3 is 0 Å². The number of amides is 3. The van der Waals surface area contributed by atoms with E-state index in [0.29, 0.717) is 22.4 Å². The third-order valence-electron chi connectivity index (χ3n) is 4.20. The molecule has 2 aromatic carbocycles. The third kappa shape index (κ3) is 3.34. The Labute approximate surface area is 156 Å². The van der Waals surface area contributed by atoms with Crippen LogP contribution in [0.3, 0.4) is 0 Å². The van der Waals surface area contributed by atoms with Gasteiger partial charge in [-0.2, -0.15) is 0 Å². The highest BCUT2D eigenvalue weighted by atomic mass is 32.1. The van der Waals surface area contributed by atoms with Gasteiger partial charge in [-0.25, -0.2) is 0 Å². The van der Waals surface area contributed by atoms with Gasteiger partial charge in [-0.1, -0.05) is 19.1 Å². The van der Waals surface area contributed by atoms with Gasteiger partial charge in [-0.05, 0) is 54.5 Å². The predicted molar refractivity (Wildman–Crippen MR) is 102 cm³/mol. The van der Waals surface area contributed by atoms with E-state index in [1.807, 2.05) is 19.1 Å². The van der Waals surface area contributed by atoms with Gasteiger partial charge in [0.2, 0.25) is 0 Å². The maximum atomic E-state index is 12.2. The van der Waals surface area contributed by atoms with Crippen molar-refractivity contribution in [1.29, 1.82) is 0 Å². The molecule has 0 unspecified atom stereocenters. The smallest absolute Gasteiger partial charge is 0.261 e. The van der Waals surface area contributed by atoms with E-state index in [1.165, 1.54) is 7.05 Å². The molecule has 0 saturated heterocycles. The van der Waals surface area contributed by atoms with Crippen molar-refractivity contribution in [1.82, 2.24) is 10.2 Å². The van der Waals surface area contributed by atoms with Crippen LogP contribution in [-0.4, -0.2) is 34.8 Å². The molecule has 0 spiro atoms. The molecule has 2 N–H and O–H groups in total. The molecule has 1 heterocycles. The van der Waals surface area contributed by atoms with Crippen LogP contribution in [0.1, 0.15) is 43.6 Å². The lowest BCUT2D eigenvalue weighted by atomic mass is 10.1. The normalized spacial score (nSPS) is 12.8. The van der Waals surface area contributed by atoms with Crippen LogP contribution in [-0.2, 0) is 6.42 Å².